The van der Waals surface area contributed by atoms with E-state index in [0.717, 1.165) is 0 Å². The first-order valence-corrected chi connectivity index (χ1v) is 9.34. The van der Waals surface area contributed by atoms with Gasteiger partial charge in [-0.2, -0.15) is 4.68 Å². The lowest BCUT2D eigenvalue weighted by molar-refractivity contribution is -0.116. The highest BCUT2D eigenvalue weighted by Crippen LogP contribution is 2.19. The number of benzene rings is 2. The van der Waals surface area contributed by atoms with Gasteiger partial charge < -0.3 is 10.3 Å². The number of carbonyl (C=O) groups is 1. The Kier molecular flexibility index (Phi) is 5.29. The molecule has 0 spiro atoms. The molecule has 0 bridgehead atoms. The molecule has 2 N–H and O–H groups in total. The Morgan fingerprint density at radius 2 is 2.07 bits per heavy atom. The average molecular weight is 407 g/mol. The molecule has 30 heavy (non-hydrogen) atoms. The second kappa shape index (κ2) is 8.19. The number of aromatic amines is 1. The van der Waals surface area contributed by atoms with Gasteiger partial charge in [-0.15, -0.1) is 5.10 Å². The largest absolute Gasteiger partial charge is 0.324 e. The number of aromatic nitrogens is 6. The van der Waals surface area contributed by atoms with Crippen LogP contribution in [0.3, 0.4) is 0 Å². The third-order valence-electron chi connectivity index (χ3n) is 4.57. The normalized spacial score (nSPS) is 11.0. The molecule has 1 amide bonds. The fourth-order valence-electron chi connectivity index (χ4n) is 3.09. The van der Waals surface area contributed by atoms with Crippen molar-refractivity contribution in [2.24, 2.45) is 0 Å². The zero-order chi connectivity index (χ0) is 21.1. The van der Waals surface area contributed by atoms with E-state index in [4.69, 9.17) is 0 Å². The Morgan fingerprint density at radius 1 is 1.23 bits per heavy atom. The number of para-hydroxylation sites is 1. The molecule has 0 aliphatic rings. The van der Waals surface area contributed by atoms with Crippen molar-refractivity contribution in [3.8, 4) is 5.69 Å². The van der Waals surface area contributed by atoms with Crippen LogP contribution in [0.4, 0.5) is 10.1 Å². The second-order valence-corrected chi connectivity index (χ2v) is 6.73. The van der Waals surface area contributed by atoms with E-state index in [0.29, 0.717) is 41.1 Å². The van der Waals surface area contributed by atoms with Gasteiger partial charge in [0, 0.05) is 12.8 Å². The number of carbonyl (C=O) groups excluding carboxylic acids is 1. The SMILES string of the molecule is Cc1nnnn1-c1ccc(F)c(NC(=O)CCCc2nc3ccccc3c(=O)[nH]2)c1. The van der Waals surface area contributed by atoms with E-state index in [1.165, 1.54) is 22.9 Å². The number of nitrogens with zero attached hydrogens (tertiary/aromatic N) is 5. The second-order valence-electron chi connectivity index (χ2n) is 6.73. The van der Waals surface area contributed by atoms with E-state index in [-0.39, 0.29) is 23.6 Å². The molecule has 0 aliphatic carbocycles. The van der Waals surface area contributed by atoms with Crippen molar-refractivity contribution in [1.82, 2.24) is 30.2 Å². The predicted molar refractivity (Wildman–Crippen MR) is 108 cm³/mol. The predicted octanol–water partition coefficient (Wildman–Crippen LogP) is 2.31. The number of H-pyrrole nitrogens is 1. The topological polar surface area (TPSA) is 118 Å². The van der Waals surface area contributed by atoms with Crippen LogP contribution in [0.25, 0.3) is 16.6 Å². The van der Waals surface area contributed by atoms with Gasteiger partial charge in [-0.25, -0.2) is 9.37 Å². The van der Waals surface area contributed by atoms with Crippen LogP contribution in [-0.4, -0.2) is 36.1 Å². The molecule has 10 heteroatoms. The molecular formula is C20H18FN7O2. The average Bonchev–Trinajstić information content (AvgIpc) is 3.16. The van der Waals surface area contributed by atoms with Crippen LogP contribution in [0.1, 0.15) is 24.5 Å². The fraction of sp³-hybridized carbons (Fsp3) is 0.200. The van der Waals surface area contributed by atoms with Crippen LogP contribution in [0.5, 0.6) is 0 Å². The van der Waals surface area contributed by atoms with Crippen molar-refractivity contribution >= 4 is 22.5 Å². The zero-order valence-corrected chi connectivity index (χ0v) is 16.1. The van der Waals surface area contributed by atoms with Gasteiger partial charge in [0.2, 0.25) is 5.91 Å². The lowest BCUT2D eigenvalue weighted by Gasteiger charge is -2.09. The van der Waals surface area contributed by atoms with E-state index in [2.05, 4.69) is 30.8 Å². The number of halogens is 1. The quantitative estimate of drug-likeness (QED) is 0.506. The lowest BCUT2D eigenvalue weighted by Crippen LogP contribution is -2.15. The minimum Gasteiger partial charge on any atom is -0.324 e. The number of fused-ring (bicyclic) bond motifs is 1. The van der Waals surface area contributed by atoms with Gasteiger partial charge in [0.15, 0.2) is 5.82 Å². The van der Waals surface area contributed by atoms with Crippen LogP contribution in [0.15, 0.2) is 47.3 Å². The molecular weight excluding hydrogens is 389 g/mol. The molecule has 2 heterocycles. The minimum absolute atomic E-state index is 0.0460. The third kappa shape index (κ3) is 4.07. The minimum atomic E-state index is -0.557. The first-order chi connectivity index (χ1) is 14.5. The molecule has 4 aromatic rings. The van der Waals surface area contributed by atoms with Gasteiger partial charge in [0.25, 0.3) is 5.56 Å². The van der Waals surface area contributed by atoms with Crippen molar-refractivity contribution in [3.05, 3.63) is 70.3 Å². The number of nitrogens with one attached hydrogen (secondary N) is 2. The number of tetrazole rings is 1. The Balaban J connectivity index is 1.40. The highest BCUT2D eigenvalue weighted by molar-refractivity contribution is 5.91. The molecule has 0 fully saturated rings. The molecule has 0 saturated heterocycles. The highest BCUT2D eigenvalue weighted by atomic mass is 19.1. The summed E-state index contributed by atoms with van der Waals surface area (Å²) < 4.78 is 15.6. The number of amides is 1. The standard InChI is InChI=1S/C20H18FN7O2/c1-12-25-26-27-28(12)13-9-10-15(21)17(11-13)23-19(29)8-4-7-18-22-16-6-3-2-5-14(16)20(30)24-18/h2-3,5-6,9-11H,4,7-8H2,1H3,(H,23,29)(H,22,24,30). The maximum atomic E-state index is 14.1. The van der Waals surface area contributed by atoms with Gasteiger partial charge in [0.1, 0.15) is 11.6 Å². The third-order valence-corrected chi connectivity index (χ3v) is 4.57. The smallest absolute Gasteiger partial charge is 0.258 e. The Bertz CT molecular complexity index is 1280. The van der Waals surface area contributed by atoms with E-state index in [1.54, 1.807) is 25.1 Å². The van der Waals surface area contributed by atoms with Gasteiger partial charge in [-0.3, -0.25) is 9.59 Å². The van der Waals surface area contributed by atoms with Gasteiger partial charge in [-0.05, 0) is 54.1 Å². The number of rotatable bonds is 6. The van der Waals surface area contributed by atoms with Crippen LogP contribution < -0.4 is 10.9 Å². The molecule has 2 aromatic heterocycles. The Hall–Kier alpha value is -3.95. The summed E-state index contributed by atoms with van der Waals surface area (Å²) in [6.07, 6.45) is 1.00. The zero-order valence-electron chi connectivity index (χ0n) is 16.1. The monoisotopic (exact) mass is 407 g/mol. The first-order valence-electron chi connectivity index (χ1n) is 9.34. The van der Waals surface area contributed by atoms with E-state index in [1.807, 2.05) is 6.07 Å². The number of hydrogen-bond acceptors (Lipinski definition) is 6. The summed E-state index contributed by atoms with van der Waals surface area (Å²) in [7, 11) is 0. The molecule has 4 rings (SSSR count). The summed E-state index contributed by atoms with van der Waals surface area (Å²) in [5, 5.41) is 14.3. The maximum absolute atomic E-state index is 14.1. The van der Waals surface area contributed by atoms with Gasteiger partial charge in [0.05, 0.1) is 22.3 Å². The fourth-order valence-corrected chi connectivity index (χ4v) is 3.09. The van der Waals surface area contributed by atoms with Crippen molar-refractivity contribution in [3.63, 3.8) is 0 Å². The molecule has 0 unspecified atom stereocenters. The van der Waals surface area contributed by atoms with Crippen LogP contribution in [0, 0.1) is 12.7 Å². The molecule has 0 atom stereocenters. The van der Waals surface area contributed by atoms with Crippen molar-refractivity contribution < 1.29 is 9.18 Å². The van der Waals surface area contributed by atoms with Crippen molar-refractivity contribution in [2.75, 3.05) is 5.32 Å². The summed E-state index contributed by atoms with van der Waals surface area (Å²) in [6.45, 7) is 1.72. The van der Waals surface area contributed by atoms with Gasteiger partial charge in [-0.1, -0.05) is 12.1 Å². The van der Waals surface area contributed by atoms with Crippen LogP contribution >= 0.6 is 0 Å². The molecule has 152 valence electrons. The Labute approximate surface area is 170 Å². The molecule has 0 radical (unpaired) electrons. The van der Waals surface area contributed by atoms with Crippen molar-refractivity contribution in [2.45, 2.75) is 26.2 Å². The van der Waals surface area contributed by atoms with E-state index < -0.39 is 5.82 Å². The molecule has 0 saturated carbocycles. The molecule has 0 aliphatic heterocycles. The van der Waals surface area contributed by atoms with Crippen molar-refractivity contribution in [1.29, 1.82) is 0 Å². The summed E-state index contributed by atoms with van der Waals surface area (Å²) in [4.78, 5) is 31.5. The van der Waals surface area contributed by atoms with Crippen LogP contribution in [0.2, 0.25) is 0 Å². The van der Waals surface area contributed by atoms with Crippen LogP contribution in [-0.2, 0) is 11.2 Å². The molecule has 2 aromatic carbocycles. The highest BCUT2D eigenvalue weighted by Gasteiger charge is 2.11. The molecule has 9 nitrogen and oxygen atoms in total. The summed E-state index contributed by atoms with van der Waals surface area (Å²) in [5.74, 6) is 0.144. The Morgan fingerprint density at radius 3 is 2.87 bits per heavy atom. The lowest BCUT2D eigenvalue weighted by atomic mass is 10.2. The summed E-state index contributed by atoms with van der Waals surface area (Å²) >= 11 is 0. The number of hydrogen-bond donors (Lipinski definition) is 2. The maximum Gasteiger partial charge on any atom is 0.258 e. The van der Waals surface area contributed by atoms with E-state index >= 15 is 0 Å². The summed E-state index contributed by atoms with van der Waals surface area (Å²) in [5.41, 5.74) is 0.978. The first kappa shape index (κ1) is 19.4. The van der Waals surface area contributed by atoms with Gasteiger partial charge >= 0.3 is 0 Å². The van der Waals surface area contributed by atoms with E-state index in [9.17, 15) is 14.0 Å². The summed E-state index contributed by atoms with van der Waals surface area (Å²) in [6, 6.07) is 11.3. The number of aryl methyl sites for hydroxylation is 2. The number of anilines is 1.